The van der Waals surface area contributed by atoms with E-state index in [1.54, 1.807) is 11.8 Å². The van der Waals surface area contributed by atoms with E-state index in [9.17, 15) is 0 Å². The largest absolute Gasteiger partial charge is 0.302 e. The average molecular weight is 228 g/mol. The molecular formula is C11H14ClNS. The van der Waals surface area contributed by atoms with Gasteiger partial charge >= 0.3 is 0 Å². The van der Waals surface area contributed by atoms with Crippen LogP contribution in [0.2, 0.25) is 0 Å². The van der Waals surface area contributed by atoms with E-state index in [2.05, 4.69) is 41.8 Å². The van der Waals surface area contributed by atoms with Crippen LogP contribution in [-0.2, 0) is 6.54 Å². The average Bonchev–Trinajstić information content (AvgIpc) is 2.19. The van der Waals surface area contributed by atoms with E-state index in [0.29, 0.717) is 6.54 Å². The smallest absolute Gasteiger partial charge is 0.0576 e. The zero-order valence-electron chi connectivity index (χ0n) is 8.12. The van der Waals surface area contributed by atoms with Gasteiger partial charge in [-0.2, -0.15) is 0 Å². The third kappa shape index (κ3) is 4.57. The van der Waals surface area contributed by atoms with Gasteiger partial charge in [0.05, 0.1) is 6.54 Å². The van der Waals surface area contributed by atoms with Crippen LogP contribution in [-0.4, -0.2) is 12.8 Å². The molecule has 1 N–H and O–H groups in total. The molecule has 0 aromatic heterocycles. The van der Waals surface area contributed by atoms with E-state index >= 15 is 0 Å². The number of nitrogens with one attached hydrogen (secondary N) is 1. The van der Waals surface area contributed by atoms with Gasteiger partial charge in [-0.05, 0) is 24.0 Å². The van der Waals surface area contributed by atoms with E-state index < -0.39 is 0 Å². The summed E-state index contributed by atoms with van der Waals surface area (Å²) in [6, 6.07) is 8.49. The van der Waals surface area contributed by atoms with E-state index in [0.717, 1.165) is 6.54 Å². The quantitative estimate of drug-likeness (QED) is 0.482. The lowest BCUT2D eigenvalue weighted by Crippen LogP contribution is -2.12. The first-order valence-corrected chi connectivity index (χ1v) is 5.36. The van der Waals surface area contributed by atoms with Crippen molar-refractivity contribution in [2.24, 2.45) is 0 Å². The Kier molecular flexibility index (Phi) is 7.41. The molecule has 0 atom stereocenters. The summed E-state index contributed by atoms with van der Waals surface area (Å²) in [7, 11) is 0. The number of benzene rings is 1. The van der Waals surface area contributed by atoms with Gasteiger partial charge in [0, 0.05) is 11.4 Å². The van der Waals surface area contributed by atoms with Crippen molar-refractivity contribution in [3.8, 4) is 12.3 Å². The lowest BCUT2D eigenvalue weighted by Gasteiger charge is -2.02. The summed E-state index contributed by atoms with van der Waals surface area (Å²) in [6.07, 6.45) is 7.20. The van der Waals surface area contributed by atoms with Crippen LogP contribution in [0.15, 0.2) is 29.2 Å². The molecular weight excluding hydrogens is 214 g/mol. The molecule has 3 heteroatoms. The highest BCUT2D eigenvalue weighted by molar-refractivity contribution is 7.98. The molecule has 0 heterocycles. The molecule has 76 valence electrons. The van der Waals surface area contributed by atoms with Gasteiger partial charge in [0.15, 0.2) is 0 Å². The molecule has 14 heavy (non-hydrogen) atoms. The van der Waals surface area contributed by atoms with Crippen molar-refractivity contribution in [2.75, 3.05) is 12.8 Å². The second-order valence-electron chi connectivity index (χ2n) is 2.66. The Labute approximate surface area is 96.1 Å². The minimum Gasteiger partial charge on any atom is -0.302 e. The zero-order chi connectivity index (χ0) is 9.52. The summed E-state index contributed by atoms with van der Waals surface area (Å²) in [5, 5.41) is 3.15. The SMILES string of the molecule is C#CCNCc1ccc(SC)cc1.Cl. The van der Waals surface area contributed by atoms with Crippen LogP contribution in [0.3, 0.4) is 0 Å². The van der Waals surface area contributed by atoms with Crippen LogP contribution < -0.4 is 5.32 Å². The third-order valence-corrected chi connectivity index (χ3v) is 2.46. The highest BCUT2D eigenvalue weighted by Crippen LogP contribution is 2.14. The molecule has 0 spiro atoms. The molecule has 0 amide bonds. The normalized spacial score (nSPS) is 8.86. The van der Waals surface area contributed by atoms with Crippen molar-refractivity contribution >= 4 is 24.2 Å². The van der Waals surface area contributed by atoms with E-state index in [1.165, 1.54) is 10.5 Å². The first-order chi connectivity index (χ1) is 6.36. The van der Waals surface area contributed by atoms with Gasteiger partial charge in [-0.3, -0.25) is 0 Å². The zero-order valence-corrected chi connectivity index (χ0v) is 9.75. The van der Waals surface area contributed by atoms with Crippen molar-refractivity contribution in [1.82, 2.24) is 5.32 Å². The standard InChI is InChI=1S/C11H13NS.ClH/c1-3-8-12-9-10-4-6-11(13-2)7-5-10;/h1,4-7,12H,8-9H2,2H3;1H. The van der Waals surface area contributed by atoms with Crippen molar-refractivity contribution in [3.63, 3.8) is 0 Å². The lowest BCUT2D eigenvalue weighted by molar-refractivity contribution is 0.770. The molecule has 1 nitrogen and oxygen atoms in total. The van der Waals surface area contributed by atoms with Gasteiger partial charge in [-0.25, -0.2) is 0 Å². The predicted octanol–water partition coefficient (Wildman–Crippen LogP) is 2.55. The monoisotopic (exact) mass is 227 g/mol. The van der Waals surface area contributed by atoms with Crippen LogP contribution in [0.5, 0.6) is 0 Å². The Hall–Kier alpha value is -0.620. The van der Waals surface area contributed by atoms with Crippen molar-refractivity contribution in [2.45, 2.75) is 11.4 Å². The van der Waals surface area contributed by atoms with Crippen molar-refractivity contribution < 1.29 is 0 Å². The summed E-state index contributed by atoms with van der Waals surface area (Å²) in [6.45, 7) is 1.48. The Morgan fingerprint density at radius 2 is 2.00 bits per heavy atom. The molecule has 0 bridgehead atoms. The van der Waals surface area contributed by atoms with Gasteiger partial charge in [-0.1, -0.05) is 18.1 Å². The van der Waals surface area contributed by atoms with E-state index in [1.807, 2.05) is 0 Å². The van der Waals surface area contributed by atoms with Crippen LogP contribution in [0, 0.1) is 12.3 Å². The fraction of sp³-hybridized carbons (Fsp3) is 0.273. The Morgan fingerprint density at radius 3 is 2.50 bits per heavy atom. The first-order valence-electron chi connectivity index (χ1n) is 4.14. The van der Waals surface area contributed by atoms with Crippen LogP contribution in [0.25, 0.3) is 0 Å². The highest BCUT2D eigenvalue weighted by Gasteiger charge is 1.92. The van der Waals surface area contributed by atoms with Crippen molar-refractivity contribution in [3.05, 3.63) is 29.8 Å². The highest BCUT2D eigenvalue weighted by atomic mass is 35.5. The van der Waals surface area contributed by atoms with E-state index in [-0.39, 0.29) is 12.4 Å². The van der Waals surface area contributed by atoms with Crippen molar-refractivity contribution in [1.29, 1.82) is 0 Å². The second-order valence-corrected chi connectivity index (χ2v) is 3.54. The van der Waals surface area contributed by atoms with Crippen LogP contribution in [0.4, 0.5) is 0 Å². The topological polar surface area (TPSA) is 12.0 Å². The van der Waals surface area contributed by atoms with Gasteiger partial charge in [0.25, 0.3) is 0 Å². The second kappa shape index (κ2) is 7.75. The number of terminal acetylenes is 1. The minimum atomic E-state index is 0. The molecule has 0 aliphatic rings. The number of halogens is 1. The van der Waals surface area contributed by atoms with Gasteiger partial charge in [0.2, 0.25) is 0 Å². The Balaban J connectivity index is 0.00000169. The van der Waals surface area contributed by atoms with Gasteiger partial charge in [-0.15, -0.1) is 30.6 Å². The molecule has 0 saturated heterocycles. The maximum Gasteiger partial charge on any atom is 0.0576 e. The lowest BCUT2D eigenvalue weighted by atomic mass is 10.2. The summed E-state index contributed by atoms with van der Waals surface area (Å²) in [5.41, 5.74) is 1.27. The first kappa shape index (κ1) is 13.4. The summed E-state index contributed by atoms with van der Waals surface area (Å²) < 4.78 is 0. The fourth-order valence-corrected chi connectivity index (χ4v) is 1.43. The molecule has 1 rings (SSSR count). The summed E-state index contributed by atoms with van der Waals surface area (Å²) in [5.74, 6) is 2.55. The number of thioether (sulfide) groups is 1. The number of hydrogen-bond acceptors (Lipinski definition) is 2. The summed E-state index contributed by atoms with van der Waals surface area (Å²) in [4.78, 5) is 1.29. The Bertz CT molecular complexity index is 289. The fourth-order valence-electron chi connectivity index (χ4n) is 1.02. The molecule has 0 radical (unpaired) electrons. The van der Waals surface area contributed by atoms with E-state index in [4.69, 9.17) is 6.42 Å². The maximum absolute atomic E-state index is 5.12. The predicted molar refractivity (Wildman–Crippen MR) is 66.0 cm³/mol. The van der Waals surface area contributed by atoms with Gasteiger partial charge < -0.3 is 5.32 Å². The van der Waals surface area contributed by atoms with Crippen LogP contribution in [0.1, 0.15) is 5.56 Å². The third-order valence-electron chi connectivity index (χ3n) is 1.72. The molecule has 0 aliphatic heterocycles. The number of hydrogen-bond donors (Lipinski definition) is 1. The van der Waals surface area contributed by atoms with Gasteiger partial charge in [0.1, 0.15) is 0 Å². The molecule has 1 aromatic rings. The molecule has 0 fully saturated rings. The summed E-state index contributed by atoms with van der Waals surface area (Å²) >= 11 is 1.75. The maximum atomic E-state index is 5.12. The Morgan fingerprint density at radius 1 is 1.36 bits per heavy atom. The molecule has 0 unspecified atom stereocenters. The minimum absolute atomic E-state index is 0. The molecule has 1 aromatic carbocycles. The molecule has 0 aliphatic carbocycles. The van der Waals surface area contributed by atoms with Crippen LogP contribution >= 0.6 is 24.2 Å². The number of rotatable bonds is 4. The molecule has 0 saturated carbocycles.